The maximum absolute atomic E-state index is 13.8. The molecule has 5 nitrogen and oxygen atoms in total. The summed E-state index contributed by atoms with van der Waals surface area (Å²) in [6, 6.07) is 20.6. The number of hydrogen-bond donors (Lipinski definition) is 1. The first-order valence-electron chi connectivity index (χ1n) is 11.5. The first kappa shape index (κ1) is 21.6. The number of hydrogen-bond acceptors (Lipinski definition) is 4. The number of aliphatic hydroxyl groups is 1. The van der Waals surface area contributed by atoms with E-state index in [1.54, 1.807) is 12.4 Å². The monoisotopic (exact) mass is 439 g/mol. The van der Waals surface area contributed by atoms with E-state index in [0.29, 0.717) is 6.54 Å². The largest absolute Gasteiger partial charge is 0.392 e. The van der Waals surface area contributed by atoms with Gasteiger partial charge in [0.05, 0.1) is 11.7 Å². The van der Waals surface area contributed by atoms with Gasteiger partial charge in [-0.15, -0.1) is 0 Å². The highest BCUT2D eigenvalue weighted by Gasteiger charge is 2.28. The van der Waals surface area contributed by atoms with Gasteiger partial charge in [0.2, 0.25) is 0 Å². The van der Waals surface area contributed by atoms with Crippen molar-refractivity contribution in [3.63, 3.8) is 0 Å². The van der Waals surface area contributed by atoms with Crippen LogP contribution in [0.4, 0.5) is 0 Å². The predicted molar refractivity (Wildman–Crippen MR) is 133 cm³/mol. The molecule has 0 saturated carbocycles. The molecule has 1 saturated heterocycles. The summed E-state index contributed by atoms with van der Waals surface area (Å²) in [6.07, 6.45) is 4.17. The Bertz CT molecular complexity index is 1340. The van der Waals surface area contributed by atoms with Crippen molar-refractivity contribution in [2.24, 2.45) is 7.05 Å². The number of benzene rings is 2. The van der Waals surface area contributed by atoms with Crippen molar-refractivity contribution >= 4 is 10.8 Å². The summed E-state index contributed by atoms with van der Waals surface area (Å²) >= 11 is 0. The molecule has 0 radical (unpaired) electrons. The Hall–Kier alpha value is -3.28. The Morgan fingerprint density at radius 1 is 1.03 bits per heavy atom. The minimum absolute atomic E-state index is 0.0172. The predicted octanol–water partition coefficient (Wildman–Crippen LogP) is 4.44. The van der Waals surface area contributed by atoms with Crippen molar-refractivity contribution in [2.45, 2.75) is 25.4 Å². The molecule has 1 aliphatic heterocycles. The molecule has 168 valence electrons. The molecule has 1 aliphatic rings. The zero-order chi connectivity index (χ0) is 22.9. The van der Waals surface area contributed by atoms with Crippen LogP contribution in [0.15, 0.2) is 77.9 Å². The lowest BCUT2D eigenvalue weighted by atomic mass is 9.92. The molecular formula is C28H29N3O2. The van der Waals surface area contributed by atoms with Gasteiger partial charge in [0.1, 0.15) is 0 Å². The van der Waals surface area contributed by atoms with Crippen LogP contribution in [0, 0.1) is 0 Å². The maximum atomic E-state index is 13.8. The quantitative estimate of drug-likeness (QED) is 0.500. The van der Waals surface area contributed by atoms with E-state index in [0.717, 1.165) is 58.2 Å². The van der Waals surface area contributed by atoms with E-state index in [9.17, 15) is 9.90 Å². The highest BCUT2D eigenvalue weighted by atomic mass is 16.3. The second-order valence-corrected chi connectivity index (χ2v) is 9.11. The lowest BCUT2D eigenvalue weighted by molar-refractivity contribution is 0.140. The SMILES string of the molecule is CC(O)CN1CCC(c2cc(-c3ccncc3)c(-c3ccc4ccccc4c3)c(=O)n2C)C1. The Morgan fingerprint density at radius 2 is 1.79 bits per heavy atom. The van der Waals surface area contributed by atoms with Crippen LogP contribution >= 0.6 is 0 Å². The summed E-state index contributed by atoms with van der Waals surface area (Å²) in [5.41, 5.74) is 4.64. The van der Waals surface area contributed by atoms with E-state index in [4.69, 9.17) is 0 Å². The lowest BCUT2D eigenvalue weighted by Gasteiger charge is -2.21. The Labute approximate surface area is 194 Å². The number of fused-ring (bicyclic) bond motifs is 1. The van der Waals surface area contributed by atoms with Gasteiger partial charge in [-0.25, -0.2) is 0 Å². The number of nitrogens with zero attached hydrogens (tertiary/aromatic N) is 3. The topological polar surface area (TPSA) is 58.4 Å². The summed E-state index contributed by atoms with van der Waals surface area (Å²) < 4.78 is 1.83. The smallest absolute Gasteiger partial charge is 0.259 e. The summed E-state index contributed by atoms with van der Waals surface area (Å²) in [5.74, 6) is 0.257. The number of rotatable bonds is 5. The van der Waals surface area contributed by atoms with Crippen LogP contribution < -0.4 is 5.56 Å². The summed E-state index contributed by atoms with van der Waals surface area (Å²) in [5, 5.41) is 12.1. The molecule has 4 aromatic rings. The van der Waals surface area contributed by atoms with Crippen LogP contribution in [0.1, 0.15) is 25.0 Å². The lowest BCUT2D eigenvalue weighted by Crippen LogP contribution is -2.30. The van der Waals surface area contributed by atoms with Gasteiger partial charge >= 0.3 is 0 Å². The number of aliphatic hydroxyl groups excluding tert-OH is 1. The van der Waals surface area contributed by atoms with Crippen LogP contribution in [-0.4, -0.2) is 45.3 Å². The van der Waals surface area contributed by atoms with Gasteiger partial charge in [-0.1, -0.05) is 36.4 Å². The molecule has 2 aromatic heterocycles. The molecule has 0 amide bonds. The molecule has 5 heteroatoms. The molecule has 3 heterocycles. The average Bonchev–Trinajstić information content (AvgIpc) is 3.28. The van der Waals surface area contributed by atoms with Gasteiger partial charge in [-0.3, -0.25) is 9.78 Å². The van der Waals surface area contributed by atoms with Crippen LogP contribution in [-0.2, 0) is 7.05 Å². The number of aromatic nitrogens is 2. The van der Waals surface area contributed by atoms with Crippen molar-refractivity contribution < 1.29 is 5.11 Å². The van der Waals surface area contributed by atoms with Crippen molar-refractivity contribution in [3.8, 4) is 22.3 Å². The zero-order valence-corrected chi connectivity index (χ0v) is 19.1. The first-order chi connectivity index (χ1) is 16.0. The van der Waals surface area contributed by atoms with Gasteiger partial charge in [0.15, 0.2) is 0 Å². The molecule has 1 fully saturated rings. The standard InChI is InChI=1S/C28H29N3O2/c1-19(32)17-31-14-11-24(18-31)26-16-25(21-9-12-29-13-10-21)27(28(33)30(26)2)23-8-7-20-5-3-4-6-22(20)15-23/h3-10,12-13,15-16,19,24,32H,11,14,17-18H2,1-2H3. The second-order valence-electron chi connectivity index (χ2n) is 9.11. The number of β-amino-alcohol motifs (C(OH)–C–C–N with tert-alkyl or cyclic N) is 1. The number of likely N-dealkylation sites (tertiary alicyclic amines) is 1. The molecule has 5 rings (SSSR count). The molecule has 0 bridgehead atoms. The fourth-order valence-electron chi connectivity index (χ4n) is 5.11. The highest BCUT2D eigenvalue weighted by molar-refractivity contribution is 5.91. The third-order valence-electron chi connectivity index (χ3n) is 6.71. The normalized spacial score (nSPS) is 17.5. The van der Waals surface area contributed by atoms with E-state index >= 15 is 0 Å². The van der Waals surface area contributed by atoms with E-state index in [1.165, 1.54) is 0 Å². The highest BCUT2D eigenvalue weighted by Crippen LogP contribution is 2.35. The minimum Gasteiger partial charge on any atom is -0.392 e. The van der Waals surface area contributed by atoms with Gasteiger partial charge in [0, 0.05) is 44.1 Å². The molecule has 33 heavy (non-hydrogen) atoms. The Morgan fingerprint density at radius 3 is 2.55 bits per heavy atom. The van der Waals surface area contributed by atoms with Crippen molar-refractivity contribution in [1.29, 1.82) is 0 Å². The van der Waals surface area contributed by atoms with Crippen molar-refractivity contribution in [3.05, 3.63) is 89.1 Å². The van der Waals surface area contributed by atoms with Gasteiger partial charge in [-0.05, 0) is 71.6 Å². The molecule has 0 aliphatic carbocycles. The van der Waals surface area contributed by atoms with Crippen molar-refractivity contribution in [2.75, 3.05) is 19.6 Å². The minimum atomic E-state index is -0.352. The summed E-state index contributed by atoms with van der Waals surface area (Å²) in [6.45, 7) is 4.27. The average molecular weight is 440 g/mol. The van der Waals surface area contributed by atoms with Crippen LogP contribution in [0.3, 0.4) is 0 Å². The fraction of sp³-hybridized carbons (Fsp3) is 0.286. The first-order valence-corrected chi connectivity index (χ1v) is 11.5. The maximum Gasteiger partial charge on any atom is 0.259 e. The van der Waals surface area contributed by atoms with Crippen molar-refractivity contribution in [1.82, 2.24) is 14.5 Å². The zero-order valence-electron chi connectivity index (χ0n) is 19.1. The van der Waals surface area contributed by atoms with Crippen LogP contribution in [0.25, 0.3) is 33.0 Å². The Balaban J connectivity index is 1.66. The van der Waals surface area contributed by atoms with E-state index < -0.39 is 0 Å². The Kier molecular flexibility index (Phi) is 5.83. The van der Waals surface area contributed by atoms with Crippen LogP contribution in [0.5, 0.6) is 0 Å². The molecule has 1 N–H and O–H groups in total. The van der Waals surface area contributed by atoms with Gasteiger partial charge in [-0.2, -0.15) is 0 Å². The van der Waals surface area contributed by atoms with Crippen LogP contribution in [0.2, 0.25) is 0 Å². The third kappa shape index (κ3) is 4.22. The second kappa shape index (κ2) is 8.93. The summed E-state index contributed by atoms with van der Waals surface area (Å²) in [7, 11) is 1.88. The molecule has 2 unspecified atom stereocenters. The molecule has 2 aromatic carbocycles. The van der Waals surface area contributed by atoms with E-state index in [-0.39, 0.29) is 17.6 Å². The third-order valence-corrected chi connectivity index (χ3v) is 6.71. The molecule has 2 atom stereocenters. The van der Waals surface area contributed by atoms with E-state index in [1.807, 2.05) is 48.9 Å². The van der Waals surface area contributed by atoms with Gasteiger partial charge < -0.3 is 14.6 Å². The number of pyridine rings is 2. The molecule has 0 spiro atoms. The summed E-state index contributed by atoms with van der Waals surface area (Å²) in [4.78, 5) is 20.3. The fourth-order valence-corrected chi connectivity index (χ4v) is 5.11. The van der Waals surface area contributed by atoms with E-state index in [2.05, 4.69) is 40.2 Å². The van der Waals surface area contributed by atoms with Gasteiger partial charge in [0.25, 0.3) is 5.56 Å². The molecular weight excluding hydrogens is 410 g/mol.